The van der Waals surface area contributed by atoms with Crippen molar-refractivity contribution in [2.45, 2.75) is 44.1 Å². The molecular formula is C19H20O. The lowest BCUT2D eigenvalue weighted by Crippen LogP contribution is -2.38. The van der Waals surface area contributed by atoms with Gasteiger partial charge in [-0.2, -0.15) is 0 Å². The smallest absolute Gasteiger partial charge is 0.0640 e. The van der Waals surface area contributed by atoms with Crippen molar-refractivity contribution in [2.75, 3.05) is 0 Å². The van der Waals surface area contributed by atoms with E-state index in [9.17, 15) is 5.11 Å². The summed E-state index contributed by atoms with van der Waals surface area (Å²) in [6.45, 7) is 4.39. The van der Waals surface area contributed by atoms with Gasteiger partial charge in [-0.15, -0.1) is 0 Å². The molecule has 2 aromatic carbocycles. The molecule has 102 valence electrons. The van der Waals surface area contributed by atoms with Gasteiger partial charge in [0.2, 0.25) is 0 Å². The molecule has 2 aliphatic rings. The van der Waals surface area contributed by atoms with Crippen LogP contribution < -0.4 is 0 Å². The van der Waals surface area contributed by atoms with E-state index >= 15 is 0 Å². The zero-order valence-electron chi connectivity index (χ0n) is 12.1. The summed E-state index contributed by atoms with van der Waals surface area (Å²) in [7, 11) is 0. The van der Waals surface area contributed by atoms with Crippen LogP contribution >= 0.6 is 0 Å². The Balaban J connectivity index is 2.09. The van der Waals surface area contributed by atoms with Crippen molar-refractivity contribution in [3.8, 4) is 11.1 Å². The number of fused-ring (bicyclic) bond motifs is 6. The zero-order valence-corrected chi connectivity index (χ0v) is 12.1. The molecule has 0 aromatic heterocycles. The Morgan fingerprint density at radius 3 is 2.70 bits per heavy atom. The largest absolute Gasteiger partial charge is 0.392 e. The summed E-state index contributed by atoms with van der Waals surface area (Å²) in [4.78, 5) is 0. The van der Waals surface area contributed by atoms with E-state index in [1.807, 2.05) is 0 Å². The van der Waals surface area contributed by atoms with Crippen molar-refractivity contribution in [3.05, 3.63) is 59.2 Å². The Morgan fingerprint density at radius 2 is 1.85 bits per heavy atom. The second kappa shape index (κ2) is 3.95. The van der Waals surface area contributed by atoms with Crippen LogP contribution in [0.25, 0.3) is 11.1 Å². The van der Waals surface area contributed by atoms with E-state index in [0.29, 0.717) is 5.92 Å². The van der Waals surface area contributed by atoms with Crippen LogP contribution in [0.3, 0.4) is 0 Å². The molecule has 0 radical (unpaired) electrons. The topological polar surface area (TPSA) is 20.2 Å². The number of aliphatic hydroxyl groups excluding tert-OH is 1. The minimum absolute atomic E-state index is 0.128. The number of hydrogen-bond donors (Lipinski definition) is 1. The summed E-state index contributed by atoms with van der Waals surface area (Å²) < 4.78 is 0. The molecule has 3 atom stereocenters. The molecule has 1 nitrogen and oxygen atoms in total. The third kappa shape index (κ3) is 1.36. The summed E-state index contributed by atoms with van der Waals surface area (Å²) in [6, 6.07) is 15.4. The highest BCUT2D eigenvalue weighted by atomic mass is 16.3. The first kappa shape index (κ1) is 12.2. The van der Waals surface area contributed by atoms with Gasteiger partial charge in [0.1, 0.15) is 0 Å². The Bertz CT molecular complexity index is 688. The molecule has 0 saturated heterocycles. The maximum atomic E-state index is 10.6. The van der Waals surface area contributed by atoms with Gasteiger partial charge in [0.15, 0.2) is 0 Å². The Hall–Kier alpha value is -1.60. The molecule has 1 fully saturated rings. The van der Waals surface area contributed by atoms with Crippen LogP contribution in [-0.2, 0) is 5.41 Å². The summed E-state index contributed by atoms with van der Waals surface area (Å²) in [5.41, 5.74) is 6.59. The van der Waals surface area contributed by atoms with Crippen LogP contribution in [-0.4, -0.2) is 11.2 Å². The van der Waals surface area contributed by atoms with Gasteiger partial charge < -0.3 is 5.11 Å². The molecular weight excluding hydrogens is 244 g/mol. The van der Waals surface area contributed by atoms with Gasteiger partial charge in [-0.3, -0.25) is 0 Å². The third-order valence-electron chi connectivity index (χ3n) is 5.53. The van der Waals surface area contributed by atoms with Gasteiger partial charge in [0.25, 0.3) is 0 Å². The predicted octanol–water partition coefficient (Wildman–Crippen LogP) is 4.17. The fourth-order valence-corrected chi connectivity index (χ4v) is 4.40. The highest BCUT2D eigenvalue weighted by Gasteiger charge is 2.51. The number of benzene rings is 2. The van der Waals surface area contributed by atoms with E-state index in [4.69, 9.17) is 0 Å². The van der Waals surface area contributed by atoms with Crippen molar-refractivity contribution in [2.24, 2.45) is 0 Å². The third-order valence-corrected chi connectivity index (χ3v) is 5.53. The fraction of sp³-hybridized carbons (Fsp3) is 0.368. The average molecular weight is 264 g/mol. The molecule has 0 bridgehead atoms. The summed E-state index contributed by atoms with van der Waals surface area (Å²) in [5.74, 6) is 0.448. The molecule has 2 aromatic rings. The molecule has 4 rings (SSSR count). The summed E-state index contributed by atoms with van der Waals surface area (Å²) in [6.07, 6.45) is 1.76. The van der Waals surface area contributed by atoms with Gasteiger partial charge in [-0.05, 0) is 47.9 Å². The second-order valence-corrected chi connectivity index (χ2v) is 6.56. The van der Waals surface area contributed by atoms with E-state index in [1.54, 1.807) is 0 Å². The average Bonchev–Trinajstić information content (AvgIpc) is 2.76. The zero-order chi connectivity index (χ0) is 13.9. The van der Waals surface area contributed by atoms with Gasteiger partial charge in [-0.1, -0.05) is 55.0 Å². The lowest BCUT2D eigenvalue weighted by molar-refractivity contribution is 0.109. The van der Waals surface area contributed by atoms with E-state index < -0.39 is 0 Å². The number of aryl methyl sites for hydroxylation is 1. The van der Waals surface area contributed by atoms with Gasteiger partial charge >= 0.3 is 0 Å². The van der Waals surface area contributed by atoms with Crippen LogP contribution in [0.1, 0.15) is 42.4 Å². The van der Waals surface area contributed by atoms with E-state index in [2.05, 4.69) is 56.3 Å². The monoisotopic (exact) mass is 264 g/mol. The van der Waals surface area contributed by atoms with Crippen LogP contribution in [0.2, 0.25) is 0 Å². The van der Waals surface area contributed by atoms with Gasteiger partial charge in [-0.25, -0.2) is 0 Å². The van der Waals surface area contributed by atoms with Crippen molar-refractivity contribution >= 4 is 0 Å². The standard InChI is InChI=1S/C19H20O/c1-12-7-8-17-15(11-12)13-5-3-4-6-14(13)16-9-10-18(20)19(16,17)2/h3-8,11,16,18,20H,9-10H2,1-2H3/t16-,18-,19+/m1/s1. The molecule has 0 spiro atoms. The fourth-order valence-electron chi connectivity index (χ4n) is 4.40. The first-order valence-electron chi connectivity index (χ1n) is 7.51. The number of hydrogen-bond acceptors (Lipinski definition) is 1. The van der Waals surface area contributed by atoms with Gasteiger partial charge in [0, 0.05) is 5.41 Å². The molecule has 0 aliphatic heterocycles. The van der Waals surface area contributed by atoms with Gasteiger partial charge in [0.05, 0.1) is 6.10 Å². The Kier molecular flexibility index (Phi) is 2.41. The predicted molar refractivity (Wildman–Crippen MR) is 81.9 cm³/mol. The normalized spacial score (nSPS) is 30.6. The van der Waals surface area contributed by atoms with Crippen LogP contribution in [0.15, 0.2) is 42.5 Å². The molecule has 1 saturated carbocycles. The van der Waals surface area contributed by atoms with Crippen LogP contribution in [0.5, 0.6) is 0 Å². The minimum Gasteiger partial charge on any atom is -0.392 e. The Labute approximate surface area is 120 Å². The summed E-state index contributed by atoms with van der Waals surface area (Å²) in [5, 5.41) is 10.6. The highest BCUT2D eigenvalue weighted by Crippen LogP contribution is 2.58. The SMILES string of the molecule is Cc1ccc2c(c1)-c1ccccc1[C@H]1CC[C@@H](O)[C@]21C. The molecule has 1 heteroatoms. The molecule has 1 N–H and O–H groups in total. The van der Waals surface area contributed by atoms with Crippen molar-refractivity contribution in [3.63, 3.8) is 0 Å². The van der Waals surface area contributed by atoms with E-state index in [0.717, 1.165) is 12.8 Å². The molecule has 2 aliphatic carbocycles. The highest BCUT2D eigenvalue weighted by molar-refractivity contribution is 5.77. The van der Waals surface area contributed by atoms with Crippen molar-refractivity contribution in [1.29, 1.82) is 0 Å². The van der Waals surface area contributed by atoms with E-state index in [-0.39, 0.29) is 11.5 Å². The molecule has 0 heterocycles. The van der Waals surface area contributed by atoms with Crippen molar-refractivity contribution in [1.82, 2.24) is 0 Å². The first-order chi connectivity index (χ1) is 9.62. The maximum Gasteiger partial charge on any atom is 0.0640 e. The molecule has 0 unspecified atom stereocenters. The number of aliphatic hydroxyl groups is 1. The van der Waals surface area contributed by atoms with E-state index in [1.165, 1.54) is 27.8 Å². The first-order valence-corrected chi connectivity index (χ1v) is 7.51. The number of rotatable bonds is 0. The molecule has 0 amide bonds. The maximum absolute atomic E-state index is 10.6. The van der Waals surface area contributed by atoms with Crippen LogP contribution in [0.4, 0.5) is 0 Å². The van der Waals surface area contributed by atoms with Crippen LogP contribution in [0, 0.1) is 6.92 Å². The lowest BCUT2D eigenvalue weighted by Gasteiger charge is -2.42. The lowest BCUT2D eigenvalue weighted by atomic mass is 9.63. The van der Waals surface area contributed by atoms with Crippen molar-refractivity contribution < 1.29 is 5.11 Å². The summed E-state index contributed by atoms with van der Waals surface area (Å²) >= 11 is 0. The quantitative estimate of drug-likeness (QED) is 0.757. The Morgan fingerprint density at radius 1 is 1.05 bits per heavy atom. The minimum atomic E-state index is -0.234. The second-order valence-electron chi connectivity index (χ2n) is 6.56. The molecule has 20 heavy (non-hydrogen) atoms.